The molecule has 0 aromatic carbocycles. The van der Waals surface area contributed by atoms with Gasteiger partial charge in [0.25, 0.3) is 5.91 Å². The summed E-state index contributed by atoms with van der Waals surface area (Å²) in [6.45, 7) is 4.73. The maximum atomic E-state index is 12.0. The molecule has 0 spiro atoms. The molecule has 1 aromatic rings. The van der Waals surface area contributed by atoms with Gasteiger partial charge in [-0.3, -0.25) is 9.59 Å². The van der Waals surface area contributed by atoms with E-state index in [-0.39, 0.29) is 18.4 Å². The van der Waals surface area contributed by atoms with Crippen molar-refractivity contribution >= 4 is 23.2 Å². The molecule has 1 aliphatic rings. The van der Waals surface area contributed by atoms with Crippen LogP contribution in [0.1, 0.15) is 40.4 Å². The summed E-state index contributed by atoms with van der Waals surface area (Å²) in [6.07, 6.45) is 3.34. The van der Waals surface area contributed by atoms with E-state index in [2.05, 4.69) is 17.6 Å². The molecule has 2 N–H and O–H groups in total. The van der Waals surface area contributed by atoms with Gasteiger partial charge in [0.1, 0.15) is 0 Å². The van der Waals surface area contributed by atoms with Crippen LogP contribution in [0.2, 0.25) is 0 Å². The second-order valence-corrected chi connectivity index (χ2v) is 6.18. The molecule has 4 nitrogen and oxygen atoms in total. The van der Waals surface area contributed by atoms with E-state index >= 15 is 0 Å². The van der Waals surface area contributed by atoms with E-state index in [0.29, 0.717) is 12.5 Å². The maximum absolute atomic E-state index is 12.0. The minimum Gasteiger partial charge on any atom is -0.355 e. The van der Waals surface area contributed by atoms with Gasteiger partial charge in [-0.1, -0.05) is 6.92 Å². The fourth-order valence-electron chi connectivity index (χ4n) is 2.33. The molecular weight excluding hydrogens is 260 g/mol. The van der Waals surface area contributed by atoms with Crippen molar-refractivity contribution in [1.29, 1.82) is 0 Å². The molecule has 2 rings (SSSR count). The number of hydrogen-bond acceptors (Lipinski definition) is 3. The summed E-state index contributed by atoms with van der Waals surface area (Å²) in [5, 5.41) is 5.32. The lowest BCUT2D eigenvalue weighted by atomic mass is 9.90. The molecule has 1 aliphatic carbocycles. The highest BCUT2D eigenvalue weighted by atomic mass is 32.1. The van der Waals surface area contributed by atoms with Crippen molar-refractivity contribution in [3.05, 3.63) is 21.4 Å². The quantitative estimate of drug-likeness (QED) is 0.882. The molecule has 0 fully saturated rings. The van der Waals surface area contributed by atoms with Gasteiger partial charge < -0.3 is 10.6 Å². The normalized spacial score (nSPS) is 17.7. The van der Waals surface area contributed by atoms with E-state index in [9.17, 15) is 9.59 Å². The van der Waals surface area contributed by atoms with Gasteiger partial charge in [-0.25, -0.2) is 0 Å². The van der Waals surface area contributed by atoms with Gasteiger partial charge in [0.15, 0.2) is 0 Å². The van der Waals surface area contributed by atoms with E-state index in [1.54, 1.807) is 11.3 Å². The molecule has 0 aliphatic heterocycles. The van der Waals surface area contributed by atoms with Gasteiger partial charge in [0.2, 0.25) is 5.91 Å². The van der Waals surface area contributed by atoms with Crippen LogP contribution in [0.3, 0.4) is 0 Å². The Bertz CT molecular complexity index is 482. The average molecular weight is 280 g/mol. The minimum absolute atomic E-state index is 0.0473. The van der Waals surface area contributed by atoms with Gasteiger partial charge in [-0.2, -0.15) is 0 Å². The van der Waals surface area contributed by atoms with Crippen LogP contribution < -0.4 is 10.6 Å². The second-order valence-electron chi connectivity index (χ2n) is 5.04. The van der Waals surface area contributed by atoms with Crippen molar-refractivity contribution in [2.75, 3.05) is 13.1 Å². The molecule has 5 heteroatoms. The van der Waals surface area contributed by atoms with E-state index in [1.807, 2.05) is 13.0 Å². The number of carbonyl (C=O) groups is 2. The molecule has 0 radical (unpaired) electrons. The predicted octanol–water partition coefficient (Wildman–Crippen LogP) is 1.74. The zero-order valence-electron chi connectivity index (χ0n) is 11.4. The molecule has 104 valence electrons. The van der Waals surface area contributed by atoms with E-state index in [0.717, 1.165) is 17.7 Å². The number of rotatable bonds is 4. The monoisotopic (exact) mass is 280 g/mol. The number of likely N-dealkylation sites (N-methyl/N-ethyl adjacent to an activating group) is 1. The third-order valence-corrected chi connectivity index (χ3v) is 4.57. The van der Waals surface area contributed by atoms with Crippen LogP contribution in [0.15, 0.2) is 6.07 Å². The maximum Gasteiger partial charge on any atom is 0.261 e. The van der Waals surface area contributed by atoms with Crippen LogP contribution in [0.4, 0.5) is 0 Å². The Balaban J connectivity index is 1.95. The Morgan fingerprint density at radius 1 is 1.42 bits per heavy atom. The van der Waals surface area contributed by atoms with Crippen LogP contribution >= 0.6 is 11.3 Å². The first-order valence-electron chi connectivity index (χ1n) is 6.76. The molecule has 0 saturated heterocycles. The number of hydrogen-bond donors (Lipinski definition) is 2. The number of thiophene rings is 1. The summed E-state index contributed by atoms with van der Waals surface area (Å²) in [6, 6.07) is 1.99. The minimum atomic E-state index is -0.147. The highest BCUT2D eigenvalue weighted by Gasteiger charge is 2.20. The van der Waals surface area contributed by atoms with Gasteiger partial charge in [-0.15, -0.1) is 11.3 Å². The van der Waals surface area contributed by atoms with Gasteiger partial charge in [-0.05, 0) is 43.7 Å². The molecule has 0 saturated carbocycles. The first-order chi connectivity index (χ1) is 9.10. The zero-order valence-corrected chi connectivity index (χ0v) is 12.2. The van der Waals surface area contributed by atoms with Gasteiger partial charge in [0, 0.05) is 11.4 Å². The Morgan fingerprint density at radius 2 is 2.21 bits per heavy atom. The fraction of sp³-hybridized carbons (Fsp3) is 0.571. The summed E-state index contributed by atoms with van der Waals surface area (Å²) >= 11 is 1.57. The molecule has 2 amide bonds. The lowest BCUT2D eigenvalue weighted by Gasteiger charge is -2.16. The van der Waals surface area contributed by atoms with E-state index in [4.69, 9.17) is 0 Å². The molecule has 0 unspecified atom stereocenters. The highest BCUT2D eigenvalue weighted by molar-refractivity contribution is 7.14. The Labute approximate surface area is 117 Å². The predicted molar refractivity (Wildman–Crippen MR) is 76.5 cm³/mol. The van der Waals surface area contributed by atoms with Crippen LogP contribution in [0, 0.1) is 5.92 Å². The fourth-order valence-corrected chi connectivity index (χ4v) is 3.45. The molecule has 0 bridgehead atoms. The molecule has 1 heterocycles. The van der Waals surface area contributed by atoms with Crippen molar-refractivity contribution < 1.29 is 9.59 Å². The summed E-state index contributed by atoms with van der Waals surface area (Å²) in [7, 11) is 0. The number of nitrogens with one attached hydrogen (secondary N) is 2. The summed E-state index contributed by atoms with van der Waals surface area (Å²) in [4.78, 5) is 25.3. The SMILES string of the molecule is CCNC(=O)CNC(=O)c1cc2c(s1)CC[C@H](C)C2. The van der Waals surface area contributed by atoms with Gasteiger partial charge >= 0.3 is 0 Å². The Hall–Kier alpha value is -1.36. The smallest absolute Gasteiger partial charge is 0.261 e. The van der Waals surface area contributed by atoms with Gasteiger partial charge in [0.05, 0.1) is 11.4 Å². The molecule has 1 atom stereocenters. The number of carbonyl (C=O) groups excluding carboxylic acids is 2. The Morgan fingerprint density at radius 3 is 2.95 bits per heavy atom. The summed E-state index contributed by atoms with van der Waals surface area (Å²) in [5.41, 5.74) is 1.31. The number of aryl methyl sites for hydroxylation is 1. The van der Waals surface area contributed by atoms with E-state index < -0.39 is 0 Å². The summed E-state index contributed by atoms with van der Waals surface area (Å²) in [5.74, 6) is 0.414. The van der Waals surface area contributed by atoms with Crippen molar-refractivity contribution in [3.63, 3.8) is 0 Å². The van der Waals surface area contributed by atoms with Crippen LogP contribution in [-0.2, 0) is 17.6 Å². The Kier molecular flexibility index (Phi) is 4.58. The third kappa shape index (κ3) is 3.56. The van der Waals surface area contributed by atoms with Crippen LogP contribution in [-0.4, -0.2) is 24.9 Å². The second kappa shape index (κ2) is 6.19. The average Bonchev–Trinajstić information content (AvgIpc) is 2.79. The number of amides is 2. The topological polar surface area (TPSA) is 58.2 Å². The largest absolute Gasteiger partial charge is 0.355 e. The van der Waals surface area contributed by atoms with Crippen LogP contribution in [0.5, 0.6) is 0 Å². The standard InChI is InChI=1S/C14H20N2O2S/c1-3-15-13(17)8-16-14(18)12-7-10-6-9(2)4-5-11(10)19-12/h7,9H,3-6,8H2,1-2H3,(H,15,17)(H,16,18)/t9-/m0/s1. The lowest BCUT2D eigenvalue weighted by molar-refractivity contribution is -0.120. The molecule has 1 aromatic heterocycles. The summed E-state index contributed by atoms with van der Waals surface area (Å²) < 4.78 is 0. The van der Waals surface area contributed by atoms with Crippen molar-refractivity contribution in [1.82, 2.24) is 10.6 Å². The molecule has 19 heavy (non-hydrogen) atoms. The third-order valence-electron chi connectivity index (χ3n) is 3.34. The highest BCUT2D eigenvalue weighted by Crippen LogP contribution is 2.32. The molecular formula is C14H20N2O2S. The van der Waals surface area contributed by atoms with Crippen molar-refractivity contribution in [2.24, 2.45) is 5.92 Å². The lowest BCUT2D eigenvalue weighted by Crippen LogP contribution is -2.36. The van der Waals surface area contributed by atoms with E-state index in [1.165, 1.54) is 16.9 Å². The first-order valence-corrected chi connectivity index (χ1v) is 7.58. The zero-order chi connectivity index (χ0) is 13.8. The van der Waals surface area contributed by atoms with Crippen LogP contribution in [0.25, 0.3) is 0 Å². The van der Waals surface area contributed by atoms with Crippen molar-refractivity contribution in [3.8, 4) is 0 Å². The first kappa shape index (κ1) is 14.1. The van der Waals surface area contributed by atoms with Crippen molar-refractivity contribution in [2.45, 2.75) is 33.1 Å². The number of fused-ring (bicyclic) bond motifs is 1.